The third-order valence-electron chi connectivity index (χ3n) is 3.03. The van der Waals surface area contributed by atoms with Gasteiger partial charge in [0.1, 0.15) is 0 Å². The molecule has 0 saturated heterocycles. The molecule has 0 fully saturated rings. The smallest absolute Gasteiger partial charge is 0.382 e. The van der Waals surface area contributed by atoms with Crippen LogP contribution in [0.1, 0.15) is 20.7 Å². The lowest BCUT2D eigenvalue weighted by atomic mass is 10.2. The van der Waals surface area contributed by atoms with E-state index in [0.717, 1.165) is 31.4 Å². The molecule has 0 aliphatic rings. The summed E-state index contributed by atoms with van der Waals surface area (Å²) in [7, 11) is -3.40. The fourth-order valence-electron chi connectivity index (χ4n) is 1.78. The number of hydrogen-bond acceptors (Lipinski definition) is 7. The van der Waals surface area contributed by atoms with Crippen molar-refractivity contribution in [3.05, 3.63) is 75.8 Å². The molecule has 0 spiro atoms. The minimum Gasteiger partial charge on any atom is -0.382 e. The Hall–Kier alpha value is -2.83. The van der Waals surface area contributed by atoms with Crippen molar-refractivity contribution in [2.24, 2.45) is 0 Å². The second-order valence-electron chi connectivity index (χ2n) is 4.53. The van der Waals surface area contributed by atoms with Crippen LogP contribution in [0.15, 0.2) is 54.6 Å². The zero-order chi connectivity index (χ0) is 17.7. The molecule has 24 heavy (non-hydrogen) atoms. The maximum atomic E-state index is 12.5. The SMILES string of the molecule is COP(=O)(OC(=O)c1ccc([N+](=O)[O-])cc1)C(=O)c1ccccc1. The van der Waals surface area contributed by atoms with Crippen LogP contribution < -0.4 is 0 Å². The Bertz CT molecular complexity index is 817. The lowest BCUT2D eigenvalue weighted by Crippen LogP contribution is -2.11. The zero-order valence-corrected chi connectivity index (χ0v) is 13.3. The highest BCUT2D eigenvalue weighted by Gasteiger charge is 2.38. The summed E-state index contributed by atoms with van der Waals surface area (Å²) in [5.41, 5.74) is -1.21. The number of nitro benzene ring substituents is 1. The van der Waals surface area contributed by atoms with Crippen molar-refractivity contribution < 1.29 is 28.1 Å². The van der Waals surface area contributed by atoms with E-state index in [1.54, 1.807) is 18.2 Å². The highest BCUT2D eigenvalue weighted by Crippen LogP contribution is 2.51. The van der Waals surface area contributed by atoms with Crippen LogP contribution in [0.4, 0.5) is 5.69 Å². The molecule has 0 aliphatic heterocycles. The van der Waals surface area contributed by atoms with Crippen molar-refractivity contribution in [2.45, 2.75) is 0 Å². The fourth-order valence-corrected chi connectivity index (χ4v) is 2.89. The Kier molecular flexibility index (Phi) is 5.23. The molecule has 1 unspecified atom stereocenters. The van der Waals surface area contributed by atoms with E-state index < -0.39 is 24.0 Å². The van der Waals surface area contributed by atoms with E-state index in [-0.39, 0.29) is 16.8 Å². The Morgan fingerprint density at radius 3 is 2.08 bits per heavy atom. The molecule has 0 aromatic heterocycles. The maximum absolute atomic E-state index is 12.5. The molecule has 8 nitrogen and oxygen atoms in total. The largest absolute Gasteiger partial charge is 0.453 e. The minimum absolute atomic E-state index is 0.0687. The topological polar surface area (TPSA) is 113 Å². The number of hydrogen-bond donors (Lipinski definition) is 0. The average molecular weight is 349 g/mol. The molecule has 0 aliphatic carbocycles. The first kappa shape index (κ1) is 17.5. The third-order valence-corrected chi connectivity index (χ3v) is 4.67. The van der Waals surface area contributed by atoms with Gasteiger partial charge >= 0.3 is 13.6 Å². The van der Waals surface area contributed by atoms with Gasteiger partial charge in [0.05, 0.1) is 10.5 Å². The molecule has 2 rings (SSSR count). The summed E-state index contributed by atoms with van der Waals surface area (Å²) in [4.78, 5) is 34.2. The van der Waals surface area contributed by atoms with Gasteiger partial charge in [0.2, 0.25) is 0 Å². The van der Waals surface area contributed by atoms with Crippen molar-refractivity contribution in [1.29, 1.82) is 0 Å². The number of non-ortho nitro benzene ring substituents is 1. The van der Waals surface area contributed by atoms with E-state index in [9.17, 15) is 24.3 Å². The highest BCUT2D eigenvalue weighted by molar-refractivity contribution is 7.73. The molecule has 0 radical (unpaired) electrons. The number of nitro groups is 1. The summed E-state index contributed by atoms with van der Waals surface area (Å²) in [6.45, 7) is 0. The van der Waals surface area contributed by atoms with Gasteiger partial charge in [0.25, 0.3) is 11.2 Å². The lowest BCUT2D eigenvalue weighted by molar-refractivity contribution is -0.384. The van der Waals surface area contributed by atoms with Crippen molar-refractivity contribution in [1.82, 2.24) is 0 Å². The van der Waals surface area contributed by atoms with Gasteiger partial charge in [-0.1, -0.05) is 30.3 Å². The Morgan fingerprint density at radius 1 is 1.00 bits per heavy atom. The van der Waals surface area contributed by atoms with Gasteiger partial charge in [-0.15, -0.1) is 0 Å². The number of carbonyl (C=O) groups excluding carboxylic acids is 2. The van der Waals surface area contributed by atoms with Crippen LogP contribution in [0.5, 0.6) is 0 Å². The molecular weight excluding hydrogens is 337 g/mol. The van der Waals surface area contributed by atoms with Crippen molar-refractivity contribution >= 4 is 24.8 Å². The molecular formula is C15H12NO7P. The summed E-state index contributed by atoms with van der Waals surface area (Å²) in [5.74, 6) is -1.08. The summed E-state index contributed by atoms with van der Waals surface area (Å²) >= 11 is 0. The van der Waals surface area contributed by atoms with E-state index in [1.807, 2.05) is 0 Å². The first-order valence-electron chi connectivity index (χ1n) is 6.61. The highest BCUT2D eigenvalue weighted by atomic mass is 31.2. The second-order valence-corrected chi connectivity index (χ2v) is 6.48. The zero-order valence-electron chi connectivity index (χ0n) is 12.4. The van der Waals surface area contributed by atoms with E-state index in [2.05, 4.69) is 4.52 Å². The average Bonchev–Trinajstić information content (AvgIpc) is 2.61. The van der Waals surface area contributed by atoms with Gasteiger partial charge in [-0.2, -0.15) is 0 Å². The van der Waals surface area contributed by atoms with Gasteiger partial charge in [-0.05, 0) is 12.1 Å². The molecule has 0 N–H and O–H groups in total. The molecule has 0 heterocycles. The van der Waals surface area contributed by atoms with Crippen LogP contribution in [-0.2, 0) is 13.6 Å². The van der Waals surface area contributed by atoms with Crippen LogP contribution >= 0.6 is 7.60 Å². The van der Waals surface area contributed by atoms with Crippen LogP contribution in [0, 0.1) is 10.1 Å². The van der Waals surface area contributed by atoms with E-state index in [0.29, 0.717) is 0 Å². The molecule has 0 saturated carbocycles. The molecule has 124 valence electrons. The van der Waals surface area contributed by atoms with Gasteiger partial charge in [0, 0.05) is 24.8 Å². The molecule has 2 aromatic carbocycles. The van der Waals surface area contributed by atoms with Crippen LogP contribution in [0.2, 0.25) is 0 Å². The molecule has 1 atom stereocenters. The summed E-state index contributed by atoms with van der Waals surface area (Å²) in [6.07, 6.45) is 0. The first-order valence-corrected chi connectivity index (χ1v) is 8.16. The Balaban J connectivity index is 2.22. The normalized spacial score (nSPS) is 12.9. The van der Waals surface area contributed by atoms with Gasteiger partial charge in [-0.3, -0.25) is 19.4 Å². The van der Waals surface area contributed by atoms with Crippen LogP contribution in [0.25, 0.3) is 0 Å². The Labute approximate surface area is 136 Å². The van der Waals surface area contributed by atoms with E-state index in [1.165, 1.54) is 12.1 Å². The monoisotopic (exact) mass is 349 g/mol. The van der Waals surface area contributed by atoms with E-state index in [4.69, 9.17) is 4.52 Å². The maximum Gasteiger partial charge on any atom is 0.453 e. The third kappa shape index (κ3) is 3.73. The molecule has 2 aromatic rings. The van der Waals surface area contributed by atoms with Gasteiger partial charge < -0.3 is 4.52 Å². The van der Waals surface area contributed by atoms with Gasteiger partial charge in [-0.25, -0.2) is 9.36 Å². The number of carbonyl (C=O) groups is 2. The standard InChI is InChI=1S/C15H12NO7P/c1-22-24(21,15(18)12-5-3-2-4-6-12)23-14(17)11-7-9-13(10-8-11)16(19)20/h2-10H,1H3. The second kappa shape index (κ2) is 7.16. The van der Waals surface area contributed by atoms with Crippen LogP contribution in [-0.4, -0.2) is 23.5 Å². The fraction of sp³-hybridized carbons (Fsp3) is 0.0667. The molecule has 0 bridgehead atoms. The molecule has 9 heteroatoms. The van der Waals surface area contributed by atoms with Crippen molar-refractivity contribution in [2.75, 3.05) is 7.11 Å². The summed E-state index contributed by atoms with van der Waals surface area (Å²) in [6, 6.07) is 12.1. The van der Waals surface area contributed by atoms with E-state index >= 15 is 0 Å². The minimum atomic E-state index is -4.39. The first-order chi connectivity index (χ1) is 11.4. The predicted molar refractivity (Wildman–Crippen MR) is 83.9 cm³/mol. The number of rotatable bonds is 6. The van der Waals surface area contributed by atoms with Crippen LogP contribution in [0.3, 0.4) is 0 Å². The lowest BCUT2D eigenvalue weighted by Gasteiger charge is -2.14. The predicted octanol–water partition coefficient (Wildman–Crippen LogP) is 3.43. The molecule has 0 amide bonds. The summed E-state index contributed by atoms with van der Waals surface area (Å²) in [5, 5.41) is 10.6. The summed E-state index contributed by atoms with van der Waals surface area (Å²) < 4.78 is 21.9. The number of benzene rings is 2. The number of nitrogens with zero attached hydrogens (tertiary/aromatic N) is 1. The Morgan fingerprint density at radius 2 is 1.58 bits per heavy atom. The van der Waals surface area contributed by atoms with Crippen molar-refractivity contribution in [3.63, 3.8) is 0 Å². The quantitative estimate of drug-likeness (QED) is 0.446. The van der Waals surface area contributed by atoms with Gasteiger partial charge in [0.15, 0.2) is 0 Å². The van der Waals surface area contributed by atoms with Crippen molar-refractivity contribution in [3.8, 4) is 0 Å².